The Balaban J connectivity index is 5.64. The van der Waals surface area contributed by atoms with E-state index in [2.05, 4.69) is 16.0 Å². The van der Waals surface area contributed by atoms with Crippen LogP contribution in [0, 0.1) is 5.92 Å². The van der Waals surface area contributed by atoms with Gasteiger partial charge in [0.05, 0.1) is 6.04 Å². The van der Waals surface area contributed by atoms with Crippen LogP contribution in [0.4, 0.5) is 0 Å². The first-order chi connectivity index (χ1) is 16.6. The van der Waals surface area contributed by atoms with Gasteiger partial charge in [0.2, 0.25) is 23.6 Å². The van der Waals surface area contributed by atoms with Crippen LogP contribution in [0.2, 0.25) is 0 Å². The van der Waals surface area contributed by atoms with Crippen molar-refractivity contribution in [3.05, 3.63) is 0 Å². The molecule has 10 N–H and O–H groups in total. The topological polar surface area (TPSA) is 268 Å². The van der Waals surface area contributed by atoms with E-state index in [4.69, 9.17) is 21.7 Å². The lowest BCUT2D eigenvalue weighted by molar-refractivity contribution is -0.144. The van der Waals surface area contributed by atoms with E-state index in [1.807, 2.05) is 13.8 Å². The van der Waals surface area contributed by atoms with E-state index < -0.39 is 91.4 Å². The molecule has 0 aromatic heterocycles. The maximum absolute atomic E-state index is 12.9. The summed E-state index contributed by atoms with van der Waals surface area (Å²) in [6.07, 6.45) is -2.30. The molecular weight excluding hydrogens is 482 g/mol. The number of carboxylic acid groups (broad SMARTS) is 3. The maximum Gasteiger partial charge on any atom is 0.326 e. The van der Waals surface area contributed by atoms with E-state index in [-0.39, 0.29) is 18.8 Å². The summed E-state index contributed by atoms with van der Waals surface area (Å²) in [6.45, 7) is 3.66. The standard InChI is InChI=1S/C21H35N5O10/c1-10(2)9-11(22)18(32)24-12(3-6-15(23)27)19(33)25-13(4-7-16(28)29)20(34)26-14(21(35)36)5-8-17(30)31/h10-14H,3-9,22H2,1-2H3,(H2,23,27)(H,24,32)(H,25,33)(H,26,34)(H,28,29)(H,30,31)(H,35,36). The fraction of sp³-hybridized carbons (Fsp3) is 0.667. The number of nitrogens with two attached hydrogens (primary N) is 2. The summed E-state index contributed by atoms with van der Waals surface area (Å²) in [4.78, 5) is 82.4. The summed E-state index contributed by atoms with van der Waals surface area (Å²) in [5.41, 5.74) is 10.9. The molecule has 36 heavy (non-hydrogen) atoms. The van der Waals surface area contributed by atoms with Gasteiger partial charge in [-0.1, -0.05) is 13.8 Å². The molecule has 0 aliphatic heterocycles. The highest BCUT2D eigenvalue weighted by molar-refractivity contribution is 5.94. The molecule has 0 aromatic carbocycles. The van der Waals surface area contributed by atoms with E-state index >= 15 is 0 Å². The SMILES string of the molecule is CC(C)CC(N)C(=O)NC(CCC(N)=O)C(=O)NC(CCC(=O)O)C(=O)NC(CCC(=O)O)C(=O)O. The number of hydrogen-bond acceptors (Lipinski definition) is 8. The Hall–Kier alpha value is -3.75. The van der Waals surface area contributed by atoms with Crippen LogP contribution in [-0.2, 0) is 33.6 Å². The van der Waals surface area contributed by atoms with Gasteiger partial charge in [-0.3, -0.25) is 28.8 Å². The van der Waals surface area contributed by atoms with E-state index in [9.17, 15) is 38.7 Å². The minimum absolute atomic E-state index is 0.0658. The number of primary amides is 1. The molecule has 0 fully saturated rings. The highest BCUT2D eigenvalue weighted by Gasteiger charge is 2.31. The lowest BCUT2D eigenvalue weighted by Crippen LogP contribution is -2.57. The smallest absolute Gasteiger partial charge is 0.326 e. The van der Waals surface area contributed by atoms with E-state index in [0.717, 1.165) is 0 Å². The summed E-state index contributed by atoms with van der Waals surface area (Å²) >= 11 is 0. The van der Waals surface area contributed by atoms with E-state index in [1.165, 1.54) is 0 Å². The Bertz CT molecular complexity index is 832. The van der Waals surface area contributed by atoms with Crippen LogP contribution in [0.3, 0.4) is 0 Å². The number of carbonyl (C=O) groups is 7. The largest absolute Gasteiger partial charge is 0.481 e. The third kappa shape index (κ3) is 13.8. The molecule has 204 valence electrons. The lowest BCUT2D eigenvalue weighted by atomic mass is 10.0. The zero-order valence-corrected chi connectivity index (χ0v) is 20.2. The van der Waals surface area contributed by atoms with Gasteiger partial charge in [-0.15, -0.1) is 0 Å². The van der Waals surface area contributed by atoms with Gasteiger partial charge in [-0.05, 0) is 31.6 Å². The molecule has 0 aliphatic carbocycles. The number of carbonyl (C=O) groups excluding carboxylic acids is 4. The Morgan fingerprint density at radius 1 is 0.667 bits per heavy atom. The van der Waals surface area contributed by atoms with Gasteiger partial charge in [0.1, 0.15) is 18.1 Å². The van der Waals surface area contributed by atoms with Crippen molar-refractivity contribution >= 4 is 41.5 Å². The normalized spacial score (nSPS) is 14.1. The second kappa shape index (κ2) is 16.0. The minimum Gasteiger partial charge on any atom is -0.481 e. The van der Waals surface area contributed by atoms with Crippen molar-refractivity contribution in [3.63, 3.8) is 0 Å². The summed E-state index contributed by atoms with van der Waals surface area (Å²) in [7, 11) is 0. The van der Waals surface area contributed by atoms with Crippen molar-refractivity contribution < 1.29 is 48.9 Å². The Morgan fingerprint density at radius 2 is 1.06 bits per heavy atom. The van der Waals surface area contributed by atoms with Crippen LogP contribution < -0.4 is 27.4 Å². The third-order valence-electron chi connectivity index (χ3n) is 4.92. The number of hydrogen-bond donors (Lipinski definition) is 8. The van der Waals surface area contributed by atoms with Crippen LogP contribution in [0.5, 0.6) is 0 Å². The molecule has 0 radical (unpaired) electrons. The zero-order valence-electron chi connectivity index (χ0n) is 20.2. The Labute approximate surface area is 207 Å². The van der Waals surface area contributed by atoms with Crippen molar-refractivity contribution in [2.24, 2.45) is 17.4 Å². The summed E-state index contributed by atoms with van der Waals surface area (Å²) in [6, 6.07) is -5.48. The van der Waals surface area contributed by atoms with Gasteiger partial charge < -0.3 is 42.7 Å². The van der Waals surface area contributed by atoms with Crippen molar-refractivity contribution in [3.8, 4) is 0 Å². The molecule has 0 heterocycles. The van der Waals surface area contributed by atoms with Crippen LogP contribution >= 0.6 is 0 Å². The number of rotatable bonds is 18. The van der Waals surface area contributed by atoms with Crippen molar-refractivity contribution in [2.75, 3.05) is 0 Å². The first-order valence-corrected chi connectivity index (χ1v) is 11.2. The molecule has 4 amide bonds. The lowest BCUT2D eigenvalue weighted by Gasteiger charge is -2.25. The predicted octanol–water partition coefficient (Wildman–Crippen LogP) is -2.11. The Morgan fingerprint density at radius 3 is 1.44 bits per heavy atom. The Kier molecular flexibility index (Phi) is 14.4. The summed E-state index contributed by atoms with van der Waals surface area (Å²) in [5.74, 6) is -7.55. The van der Waals surface area contributed by atoms with Crippen molar-refractivity contribution in [1.29, 1.82) is 0 Å². The van der Waals surface area contributed by atoms with Crippen molar-refractivity contribution in [2.45, 2.75) is 83.0 Å². The van der Waals surface area contributed by atoms with Crippen molar-refractivity contribution in [1.82, 2.24) is 16.0 Å². The second-order valence-electron chi connectivity index (χ2n) is 8.63. The molecule has 0 saturated carbocycles. The predicted molar refractivity (Wildman–Crippen MR) is 123 cm³/mol. The van der Waals surface area contributed by atoms with Gasteiger partial charge >= 0.3 is 17.9 Å². The molecular formula is C21H35N5O10. The highest BCUT2D eigenvalue weighted by atomic mass is 16.4. The first-order valence-electron chi connectivity index (χ1n) is 11.2. The first kappa shape index (κ1) is 32.2. The molecule has 15 nitrogen and oxygen atoms in total. The van der Waals surface area contributed by atoms with Gasteiger partial charge in [0.15, 0.2) is 0 Å². The van der Waals surface area contributed by atoms with Crippen LogP contribution in [0.25, 0.3) is 0 Å². The molecule has 4 unspecified atom stereocenters. The number of carboxylic acids is 3. The fourth-order valence-corrected chi connectivity index (χ4v) is 3.06. The second-order valence-corrected chi connectivity index (χ2v) is 8.63. The molecule has 0 spiro atoms. The van der Waals surface area contributed by atoms with Gasteiger partial charge in [0, 0.05) is 19.3 Å². The molecule has 4 atom stereocenters. The van der Waals surface area contributed by atoms with Gasteiger partial charge in [-0.2, -0.15) is 0 Å². The highest BCUT2D eigenvalue weighted by Crippen LogP contribution is 2.07. The van der Waals surface area contributed by atoms with Crippen LogP contribution in [0.15, 0.2) is 0 Å². The molecule has 15 heteroatoms. The molecule has 0 aromatic rings. The monoisotopic (exact) mass is 517 g/mol. The number of amides is 4. The zero-order chi connectivity index (χ0) is 28.0. The minimum atomic E-state index is -1.61. The van der Waals surface area contributed by atoms with Gasteiger partial charge in [-0.25, -0.2) is 4.79 Å². The number of aliphatic carboxylic acids is 3. The molecule has 0 aliphatic rings. The molecule has 0 bridgehead atoms. The quantitative estimate of drug-likeness (QED) is 0.0974. The fourth-order valence-electron chi connectivity index (χ4n) is 3.06. The molecule has 0 rings (SSSR count). The molecule has 0 saturated heterocycles. The van der Waals surface area contributed by atoms with E-state index in [1.54, 1.807) is 0 Å². The third-order valence-corrected chi connectivity index (χ3v) is 4.92. The summed E-state index contributed by atoms with van der Waals surface area (Å²) in [5, 5.41) is 33.7. The average molecular weight is 518 g/mol. The summed E-state index contributed by atoms with van der Waals surface area (Å²) < 4.78 is 0. The van der Waals surface area contributed by atoms with Gasteiger partial charge in [0.25, 0.3) is 0 Å². The number of nitrogens with one attached hydrogen (secondary N) is 3. The maximum atomic E-state index is 12.9. The van der Waals surface area contributed by atoms with Crippen LogP contribution in [-0.4, -0.2) is 81.0 Å². The van der Waals surface area contributed by atoms with Crippen LogP contribution in [0.1, 0.15) is 58.8 Å². The average Bonchev–Trinajstić information content (AvgIpc) is 2.75. The van der Waals surface area contributed by atoms with E-state index in [0.29, 0.717) is 6.42 Å².